The molecule has 0 aliphatic rings. The predicted octanol–water partition coefficient (Wildman–Crippen LogP) is 3.38. The SMILES string of the molecule is COC(=O)CN(CC(=O)OC)C(=O)c1ccc(CSc2nc3ccccc3s2)cc1. The van der Waals surface area contributed by atoms with Crippen LogP contribution in [-0.4, -0.2) is 55.0 Å². The molecular weight excluding hydrogens is 424 g/mol. The summed E-state index contributed by atoms with van der Waals surface area (Å²) in [6, 6.07) is 15.1. The minimum absolute atomic E-state index is 0.334. The van der Waals surface area contributed by atoms with Crippen molar-refractivity contribution >= 4 is 51.2 Å². The molecular formula is C21H20N2O5S2. The van der Waals surface area contributed by atoms with E-state index in [1.807, 2.05) is 36.4 Å². The summed E-state index contributed by atoms with van der Waals surface area (Å²) in [6.07, 6.45) is 0. The number of benzene rings is 2. The highest BCUT2D eigenvalue weighted by Gasteiger charge is 2.22. The molecule has 7 nitrogen and oxygen atoms in total. The predicted molar refractivity (Wildman–Crippen MR) is 116 cm³/mol. The van der Waals surface area contributed by atoms with Crippen LogP contribution in [0.4, 0.5) is 0 Å². The lowest BCUT2D eigenvalue weighted by molar-refractivity contribution is -0.144. The fraction of sp³-hybridized carbons (Fsp3) is 0.238. The first-order valence-electron chi connectivity index (χ1n) is 9.00. The van der Waals surface area contributed by atoms with Crippen LogP contribution in [0.1, 0.15) is 15.9 Å². The van der Waals surface area contributed by atoms with Crippen molar-refractivity contribution in [2.45, 2.75) is 10.1 Å². The molecule has 0 saturated carbocycles. The highest BCUT2D eigenvalue weighted by molar-refractivity contribution is 8.00. The number of fused-ring (bicyclic) bond motifs is 1. The molecule has 0 N–H and O–H groups in total. The van der Waals surface area contributed by atoms with Gasteiger partial charge < -0.3 is 14.4 Å². The Balaban J connectivity index is 1.65. The van der Waals surface area contributed by atoms with Gasteiger partial charge in [0.1, 0.15) is 13.1 Å². The standard InChI is InChI=1S/C21H20N2O5S2/c1-27-18(24)11-23(12-19(25)28-2)20(26)15-9-7-14(8-10-15)13-29-21-22-16-5-3-4-6-17(16)30-21/h3-10H,11-13H2,1-2H3. The lowest BCUT2D eigenvalue weighted by atomic mass is 10.1. The Labute approximate surface area is 182 Å². The molecule has 1 heterocycles. The number of ether oxygens (including phenoxy) is 2. The van der Waals surface area contributed by atoms with Gasteiger partial charge in [0.05, 0.1) is 24.4 Å². The Morgan fingerprint density at radius 3 is 2.20 bits per heavy atom. The summed E-state index contributed by atoms with van der Waals surface area (Å²) in [7, 11) is 2.45. The normalized spacial score (nSPS) is 10.6. The molecule has 156 valence electrons. The molecule has 3 rings (SSSR count). The van der Waals surface area contributed by atoms with Crippen LogP contribution in [-0.2, 0) is 24.8 Å². The van der Waals surface area contributed by atoms with E-state index in [9.17, 15) is 14.4 Å². The van der Waals surface area contributed by atoms with E-state index in [1.165, 1.54) is 14.2 Å². The number of thioether (sulfide) groups is 1. The summed E-state index contributed by atoms with van der Waals surface area (Å²) in [5, 5.41) is 0. The minimum Gasteiger partial charge on any atom is -0.468 e. The average molecular weight is 445 g/mol. The topological polar surface area (TPSA) is 85.8 Å². The van der Waals surface area contributed by atoms with Gasteiger partial charge in [0.15, 0.2) is 4.34 Å². The van der Waals surface area contributed by atoms with E-state index < -0.39 is 17.8 Å². The maximum absolute atomic E-state index is 12.7. The van der Waals surface area contributed by atoms with Gasteiger partial charge in [-0.25, -0.2) is 4.98 Å². The molecule has 30 heavy (non-hydrogen) atoms. The van der Waals surface area contributed by atoms with Crippen LogP contribution in [0.2, 0.25) is 0 Å². The second-order valence-corrected chi connectivity index (χ2v) is 8.50. The number of carbonyl (C=O) groups excluding carboxylic acids is 3. The van der Waals surface area contributed by atoms with Gasteiger partial charge in [0.25, 0.3) is 5.91 Å². The number of carbonyl (C=O) groups is 3. The van der Waals surface area contributed by atoms with Crippen LogP contribution in [0.15, 0.2) is 52.9 Å². The monoisotopic (exact) mass is 444 g/mol. The second kappa shape index (κ2) is 10.2. The number of aromatic nitrogens is 1. The molecule has 0 aliphatic carbocycles. The third-order valence-corrected chi connectivity index (χ3v) is 6.47. The Kier molecular flexibility index (Phi) is 7.42. The molecule has 0 fully saturated rings. The van der Waals surface area contributed by atoms with Crippen LogP contribution in [0.25, 0.3) is 10.2 Å². The van der Waals surface area contributed by atoms with Crippen LogP contribution in [0, 0.1) is 0 Å². The maximum Gasteiger partial charge on any atom is 0.325 e. The quantitative estimate of drug-likeness (QED) is 0.389. The maximum atomic E-state index is 12.7. The molecule has 2 aromatic carbocycles. The average Bonchev–Trinajstić information content (AvgIpc) is 3.20. The molecule has 0 radical (unpaired) electrons. The zero-order valence-corrected chi connectivity index (χ0v) is 18.1. The number of esters is 2. The van der Waals surface area contributed by atoms with Crippen LogP contribution < -0.4 is 0 Å². The van der Waals surface area contributed by atoms with E-state index in [0.29, 0.717) is 11.3 Å². The zero-order valence-electron chi connectivity index (χ0n) is 16.5. The van der Waals surface area contributed by atoms with Crippen LogP contribution in [0.5, 0.6) is 0 Å². The second-order valence-electron chi connectivity index (χ2n) is 6.25. The summed E-state index contributed by atoms with van der Waals surface area (Å²) >= 11 is 3.28. The largest absolute Gasteiger partial charge is 0.468 e. The van der Waals surface area contributed by atoms with Gasteiger partial charge in [0.2, 0.25) is 0 Å². The van der Waals surface area contributed by atoms with Gasteiger partial charge >= 0.3 is 11.9 Å². The first kappa shape index (κ1) is 21.8. The lowest BCUT2D eigenvalue weighted by Crippen LogP contribution is -2.40. The van der Waals surface area contributed by atoms with Crippen molar-refractivity contribution in [1.29, 1.82) is 0 Å². The molecule has 0 aliphatic heterocycles. The number of thiazole rings is 1. The molecule has 0 saturated heterocycles. The molecule has 0 spiro atoms. The first-order chi connectivity index (χ1) is 14.5. The first-order valence-corrected chi connectivity index (χ1v) is 10.8. The fourth-order valence-corrected chi connectivity index (χ4v) is 4.65. The fourth-order valence-electron chi connectivity index (χ4n) is 2.62. The summed E-state index contributed by atoms with van der Waals surface area (Å²) in [4.78, 5) is 41.6. The Morgan fingerprint density at radius 1 is 0.967 bits per heavy atom. The Morgan fingerprint density at radius 2 is 1.60 bits per heavy atom. The number of rotatable bonds is 8. The van der Waals surface area contributed by atoms with Gasteiger partial charge in [0, 0.05) is 11.3 Å². The highest BCUT2D eigenvalue weighted by Crippen LogP contribution is 2.31. The van der Waals surface area contributed by atoms with Crippen molar-refractivity contribution in [3.8, 4) is 0 Å². The molecule has 1 aromatic heterocycles. The van der Waals surface area contributed by atoms with Crippen molar-refractivity contribution in [1.82, 2.24) is 9.88 Å². The zero-order chi connectivity index (χ0) is 21.5. The number of para-hydroxylation sites is 1. The molecule has 9 heteroatoms. The minimum atomic E-state index is -0.615. The van der Waals surface area contributed by atoms with Crippen molar-refractivity contribution in [3.63, 3.8) is 0 Å². The van der Waals surface area contributed by atoms with Gasteiger partial charge in [-0.1, -0.05) is 36.0 Å². The number of amides is 1. The van der Waals surface area contributed by atoms with Gasteiger partial charge in [-0.15, -0.1) is 11.3 Å². The third kappa shape index (κ3) is 5.58. The van der Waals surface area contributed by atoms with Crippen molar-refractivity contribution in [2.24, 2.45) is 0 Å². The summed E-state index contributed by atoms with van der Waals surface area (Å²) in [5.41, 5.74) is 2.39. The molecule has 0 atom stereocenters. The van der Waals surface area contributed by atoms with Crippen molar-refractivity contribution in [2.75, 3.05) is 27.3 Å². The van der Waals surface area contributed by atoms with Crippen LogP contribution in [0.3, 0.4) is 0 Å². The molecule has 3 aromatic rings. The van der Waals surface area contributed by atoms with E-state index in [2.05, 4.69) is 14.5 Å². The van der Waals surface area contributed by atoms with Crippen LogP contribution >= 0.6 is 23.1 Å². The number of hydrogen-bond acceptors (Lipinski definition) is 8. The lowest BCUT2D eigenvalue weighted by Gasteiger charge is -2.20. The van der Waals surface area contributed by atoms with Gasteiger partial charge in [-0.3, -0.25) is 14.4 Å². The summed E-state index contributed by atoms with van der Waals surface area (Å²) in [6.45, 7) is -0.667. The van der Waals surface area contributed by atoms with E-state index in [1.54, 1.807) is 35.2 Å². The Hall–Kier alpha value is -2.91. The summed E-state index contributed by atoms with van der Waals surface area (Å²) in [5.74, 6) is -0.967. The van der Waals surface area contributed by atoms with Gasteiger partial charge in [-0.2, -0.15) is 0 Å². The van der Waals surface area contributed by atoms with E-state index in [4.69, 9.17) is 0 Å². The molecule has 0 unspecified atom stereocenters. The van der Waals surface area contributed by atoms with E-state index in [-0.39, 0.29) is 13.1 Å². The number of hydrogen-bond donors (Lipinski definition) is 0. The van der Waals surface area contributed by atoms with E-state index >= 15 is 0 Å². The van der Waals surface area contributed by atoms with Crippen molar-refractivity contribution in [3.05, 3.63) is 59.7 Å². The van der Waals surface area contributed by atoms with E-state index in [0.717, 1.165) is 25.0 Å². The van der Waals surface area contributed by atoms with Crippen molar-refractivity contribution < 1.29 is 23.9 Å². The Bertz CT molecular complexity index is 998. The number of nitrogens with zero attached hydrogens (tertiary/aromatic N) is 2. The highest BCUT2D eigenvalue weighted by atomic mass is 32.2. The number of methoxy groups -OCH3 is 2. The third-order valence-electron chi connectivity index (χ3n) is 4.22. The summed E-state index contributed by atoms with van der Waals surface area (Å²) < 4.78 is 11.3. The van der Waals surface area contributed by atoms with Gasteiger partial charge in [-0.05, 0) is 29.8 Å². The smallest absolute Gasteiger partial charge is 0.325 e. The molecule has 0 bridgehead atoms. The molecule has 1 amide bonds.